The molecule has 0 aliphatic carbocycles. The minimum atomic E-state index is -0.0445. The van der Waals surface area contributed by atoms with E-state index < -0.39 is 0 Å². The molecule has 0 fully saturated rings. The smallest absolute Gasteiger partial charge is 0.244 e. The molecular formula is C21H20N6O. The van der Waals surface area contributed by atoms with E-state index in [1.54, 1.807) is 11.9 Å². The average Bonchev–Trinajstić information content (AvgIpc) is 3.39. The number of carbonyl (C=O) groups is 1. The summed E-state index contributed by atoms with van der Waals surface area (Å²) in [5.74, 6) is -0.0445. The maximum absolute atomic E-state index is 12.5. The molecule has 2 heterocycles. The van der Waals surface area contributed by atoms with Gasteiger partial charge in [-0.25, -0.2) is 14.3 Å². The van der Waals surface area contributed by atoms with Crippen LogP contribution in [0.4, 0.5) is 0 Å². The Hall–Kier alpha value is -3.74. The van der Waals surface area contributed by atoms with Gasteiger partial charge in [0.25, 0.3) is 0 Å². The van der Waals surface area contributed by atoms with Gasteiger partial charge in [0.05, 0.1) is 11.4 Å². The molecule has 0 saturated heterocycles. The fraction of sp³-hybridized carbons (Fsp3) is 0.143. The molecule has 7 nitrogen and oxygen atoms in total. The average molecular weight is 372 g/mol. The number of likely N-dealkylation sites (N-methyl/N-ethyl adjacent to an activating group) is 1. The van der Waals surface area contributed by atoms with Gasteiger partial charge in [-0.15, -0.1) is 0 Å². The summed E-state index contributed by atoms with van der Waals surface area (Å²) in [6, 6.07) is 19.9. The fourth-order valence-corrected chi connectivity index (χ4v) is 2.99. The molecule has 0 aliphatic heterocycles. The van der Waals surface area contributed by atoms with E-state index in [9.17, 15) is 4.79 Å². The van der Waals surface area contributed by atoms with E-state index >= 15 is 0 Å². The third-order valence-electron chi connectivity index (χ3n) is 4.46. The standard InChI is InChI=1S/C21H20N6O/c1-25(20(28)14-26-16-22-15-23-26)12-18-13-27(19-10-6-3-7-11-19)24-21(18)17-8-4-2-5-9-17/h2-11,13,15-16H,12,14H2,1H3. The lowest BCUT2D eigenvalue weighted by molar-refractivity contribution is -0.131. The normalized spacial score (nSPS) is 10.8. The van der Waals surface area contributed by atoms with E-state index in [2.05, 4.69) is 10.1 Å². The molecule has 0 bridgehead atoms. The Morgan fingerprint density at radius 2 is 1.75 bits per heavy atom. The molecular weight excluding hydrogens is 352 g/mol. The molecule has 140 valence electrons. The predicted octanol–water partition coefficient (Wildman–Crippen LogP) is 2.79. The number of carbonyl (C=O) groups excluding carboxylic acids is 1. The lowest BCUT2D eigenvalue weighted by Gasteiger charge is -2.17. The largest absolute Gasteiger partial charge is 0.340 e. The first kappa shape index (κ1) is 17.7. The van der Waals surface area contributed by atoms with Gasteiger partial charge in [0.1, 0.15) is 19.2 Å². The Bertz CT molecular complexity index is 1040. The zero-order chi connectivity index (χ0) is 19.3. The maximum Gasteiger partial charge on any atom is 0.244 e. The predicted molar refractivity (Wildman–Crippen MR) is 105 cm³/mol. The Morgan fingerprint density at radius 1 is 1.04 bits per heavy atom. The molecule has 0 radical (unpaired) electrons. The van der Waals surface area contributed by atoms with Gasteiger partial charge in [0, 0.05) is 30.9 Å². The number of para-hydroxylation sites is 1. The van der Waals surface area contributed by atoms with Crippen molar-refractivity contribution in [3.05, 3.63) is 85.1 Å². The molecule has 7 heteroatoms. The van der Waals surface area contributed by atoms with Crippen LogP contribution in [0.5, 0.6) is 0 Å². The second kappa shape index (κ2) is 7.87. The lowest BCUT2D eigenvalue weighted by Crippen LogP contribution is -2.30. The van der Waals surface area contributed by atoms with E-state index in [0.717, 1.165) is 22.5 Å². The summed E-state index contributed by atoms with van der Waals surface area (Å²) in [6.07, 6.45) is 4.94. The minimum Gasteiger partial charge on any atom is -0.340 e. The molecule has 2 aromatic heterocycles. The number of aromatic nitrogens is 5. The van der Waals surface area contributed by atoms with Crippen LogP contribution in [0.2, 0.25) is 0 Å². The topological polar surface area (TPSA) is 68.8 Å². The number of hydrogen-bond donors (Lipinski definition) is 0. The quantitative estimate of drug-likeness (QED) is 0.522. The van der Waals surface area contributed by atoms with Crippen molar-refractivity contribution in [2.75, 3.05) is 7.05 Å². The van der Waals surface area contributed by atoms with Gasteiger partial charge in [0.2, 0.25) is 5.91 Å². The Labute approximate surface area is 162 Å². The zero-order valence-corrected chi connectivity index (χ0v) is 15.5. The van der Waals surface area contributed by atoms with Gasteiger partial charge in [-0.2, -0.15) is 10.2 Å². The Morgan fingerprint density at radius 3 is 2.43 bits per heavy atom. The molecule has 0 atom stereocenters. The second-order valence-electron chi connectivity index (χ2n) is 6.49. The number of nitrogens with zero attached hydrogens (tertiary/aromatic N) is 6. The summed E-state index contributed by atoms with van der Waals surface area (Å²) >= 11 is 0. The van der Waals surface area contributed by atoms with E-state index in [0.29, 0.717) is 6.54 Å². The van der Waals surface area contributed by atoms with E-state index in [1.165, 1.54) is 17.3 Å². The van der Waals surface area contributed by atoms with Crippen molar-refractivity contribution >= 4 is 5.91 Å². The summed E-state index contributed by atoms with van der Waals surface area (Å²) < 4.78 is 3.37. The number of hydrogen-bond acceptors (Lipinski definition) is 4. The third-order valence-corrected chi connectivity index (χ3v) is 4.46. The van der Waals surface area contributed by atoms with Gasteiger partial charge in [0.15, 0.2) is 0 Å². The molecule has 0 N–H and O–H groups in total. The van der Waals surface area contributed by atoms with Crippen molar-refractivity contribution in [2.24, 2.45) is 0 Å². The van der Waals surface area contributed by atoms with Crippen molar-refractivity contribution in [3.63, 3.8) is 0 Å². The molecule has 0 unspecified atom stereocenters. The monoisotopic (exact) mass is 372 g/mol. The maximum atomic E-state index is 12.5. The van der Waals surface area contributed by atoms with Crippen LogP contribution in [0.3, 0.4) is 0 Å². The van der Waals surface area contributed by atoms with Crippen LogP contribution in [-0.4, -0.2) is 42.4 Å². The Balaban J connectivity index is 1.63. The summed E-state index contributed by atoms with van der Waals surface area (Å²) in [4.78, 5) is 18.1. The van der Waals surface area contributed by atoms with Crippen LogP contribution >= 0.6 is 0 Å². The van der Waals surface area contributed by atoms with E-state index in [-0.39, 0.29) is 12.5 Å². The number of amides is 1. The first-order valence-electron chi connectivity index (χ1n) is 8.96. The number of rotatable bonds is 6. The highest BCUT2D eigenvalue weighted by atomic mass is 16.2. The van der Waals surface area contributed by atoms with Gasteiger partial charge in [-0.3, -0.25) is 4.79 Å². The molecule has 28 heavy (non-hydrogen) atoms. The van der Waals surface area contributed by atoms with Crippen LogP contribution in [0.1, 0.15) is 5.56 Å². The summed E-state index contributed by atoms with van der Waals surface area (Å²) in [6.45, 7) is 0.606. The van der Waals surface area contributed by atoms with E-state index in [4.69, 9.17) is 5.10 Å². The molecule has 4 rings (SSSR count). The van der Waals surface area contributed by atoms with Gasteiger partial charge in [-0.05, 0) is 12.1 Å². The molecule has 0 spiro atoms. The summed E-state index contributed by atoms with van der Waals surface area (Å²) in [5, 5.41) is 8.79. The van der Waals surface area contributed by atoms with Crippen LogP contribution in [0.25, 0.3) is 16.9 Å². The fourth-order valence-electron chi connectivity index (χ4n) is 2.99. The first-order valence-corrected chi connectivity index (χ1v) is 8.96. The highest BCUT2D eigenvalue weighted by Crippen LogP contribution is 2.24. The number of benzene rings is 2. The zero-order valence-electron chi connectivity index (χ0n) is 15.5. The third kappa shape index (κ3) is 3.83. The van der Waals surface area contributed by atoms with Crippen LogP contribution in [-0.2, 0) is 17.9 Å². The van der Waals surface area contributed by atoms with Crippen molar-refractivity contribution in [1.29, 1.82) is 0 Å². The first-order chi connectivity index (χ1) is 13.7. The lowest BCUT2D eigenvalue weighted by atomic mass is 10.1. The summed E-state index contributed by atoms with van der Waals surface area (Å²) in [7, 11) is 1.79. The van der Waals surface area contributed by atoms with Crippen molar-refractivity contribution in [2.45, 2.75) is 13.1 Å². The molecule has 4 aromatic rings. The molecule has 1 amide bonds. The highest BCUT2D eigenvalue weighted by Gasteiger charge is 2.17. The van der Waals surface area contributed by atoms with Gasteiger partial charge >= 0.3 is 0 Å². The van der Waals surface area contributed by atoms with Crippen LogP contribution in [0, 0.1) is 0 Å². The highest BCUT2D eigenvalue weighted by molar-refractivity contribution is 5.76. The molecule has 2 aromatic carbocycles. The van der Waals surface area contributed by atoms with Crippen molar-refractivity contribution in [1.82, 2.24) is 29.4 Å². The van der Waals surface area contributed by atoms with Crippen LogP contribution < -0.4 is 0 Å². The second-order valence-corrected chi connectivity index (χ2v) is 6.49. The van der Waals surface area contributed by atoms with Gasteiger partial charge in [-0.1, -0.05) is 48.5 Å². The SMILES string of the molecule is CN(Cc1cn(-c2ccccc2)nc1-c1ccccc1)C(=O)Cn1cncn1. The Kier molecular flexibility index (Phi) is 4.97. The van der Waals surface area contributed by atoms with Gasteiger partial charge < -0.3 is 4.90 Å². The van der Waals surface area contributed by atoms with Crippen LogP contribution in [0.15, 0.2) is 79.5 Å². The molecule has 0 saturated carbocycles. The van der Waals surface area contributed by atoms with Crippen molar-refractivity contribution in [3.8, 4) is 16.9 Å². The van der Waals surface area contributed by atoms with Crippen molar-refractivity contribution < 1.29 is 4.79 Å². The van der Waals surface area contributed by atoms with E-state index in [1.807, 2.05) is 71.5 Å². The minimum absolute atomic E-state index is 0.0445. The molecule has 0 aliphatic rings. The summed E-state index contributed by atoms with van der Waals surface area (Å²) in [5.41, 5.74) is 3.83.